The topological polar surface area (TPSA) is 17.1 Å². The van der Waals surface area contributed by atoms with Gasteiger partial charge in [-0.2, -0.15) is 24.9 Å². The third kappa shape index (κ3) is 2.49. The monoisotopic (exact) mass is 210 g/mol. The lowest BCUT2D eigenvalue weighted by atomic mass is 9.98. The number of rotatable bonds is 2. The van der Waals surface area contributed by atoms with Gasteiger partial charge in [0.2, 0.25) is 0 Å². The van der Waals surface area contributed by atoms with Gasteiger partial charge in [-0.1, -0.05) is 6.58 Å². The van der Waals surface area contributed by atoms with Gasteiger partial charge in [-0.3, -0.25) is 4.79 Å². The molecule has 1 heterocycles. The fourth-order valence-corrected chi connectivity index (χ4v) is 2.35. The minimum absolute atomic E-state index is 0.473. The van der Waals surface area contributed by atoms with Crippen molar-refractivity contribution in [3.8, 4) is 0 Å². The predicted octanol–water partition coefficient (Wildman–Crippen LogP) is 2.43. The van der Waals surface area contributed by atoms with Crippen molar-refractivity contribution < 1.29 is 18.0 Å². The molecule has 1 rings (SSSR count). The smallest absolute Gasteiger partial charge is 0.294 e. The molecule has 1 saturated heterocycles. The Labute approximate surface area is 78.4 Å². The van der Waals surface area contributed by atoms with Crippen LogP contribution >= 0.6 is 11.8 Å². The molecule has 74 valence electrons. The van der Waals surface area contributed by atoms with Crippen LogP contribution < -0.4 is 0 Å². The largest absolute Gasteiger partial charge is 0.419 e. The first-order chi connectivity index (χ1) is 5.93. The third-order valence-electron chi connectivity index (χ3n) is 1.94. The maximum absolute atomic E-state index is 12.0. The molecule has 1 aliphatic rings. The second kappa shape index (κ2) is 3.74. The highest BCUT2D eigenvalue weighted by molar-refractivity contribution is 7.99. The van der Waals surface area contributed by atoms with E-state index in [9.17, 15) is 18.0 Å². The molecule has 0 aliphatic carbocycles. The minimum atomic E-state index is -4.57. The van der Waals surface area contributed by atoms with Gasteiger partial charge < -0.3 is 0 Å². The molecule has 0 N–H and O–H groups in total. The zero-order valence-electron chi connectivity index (χ0n) is 6.86. The number of alkyl halides is 3. The summed E-state index contributed by atoms with van der Waals surface area (Å²) in [5.41, 5.74) is -1.21. The molecule has 0 radical (unpaired) electrons. The van der Waals surface area contributed by atoms with Gasteiger partial charge in [-0.15, -0.1) is 0 Å². The lowest BCUT2D eigenvalue weighted by Crippen LogP contribution is -2.25. The van der Waals surface area contributed by atoms with Crippen LogP contribution in [0, 0.1) is 5.92 Å². The number of hydrogen-bond acceptors (Lipinski definition) is 2. The minimum Gasteiger partial charge on any atom is -0.294 e. The average molecular weight is 210 g/mol. The van der Waals surface area contributed by atoms with E-state index < -0.39 is 23.5 Å². The molecule has 0 spiro atoms. The van der Waals surface area contributed by atoms with Crippen LogP contribution in [0.15, 0.2) is 12.2 Å². The van der Waals surface area contributed by atoms with Crippen LogP contribution in [0.5, 0.6) is 0 Å². The van der Waals surface area contributed by atoms with Crippen LogP contribution in [0.25, 0.3) is 0 Å². The number of carbonyl (C=O) groups excluding carboxylic acids is 1. The van der Waals surface area contributed by atoms with E-state index in [0.717, 1.165) is 5.75 Å². The van der Waals surface area contributed by atoms with E-state index in [0.29, 0.717) is 12.2 Å². The first kappa shape index (κ1) is 10.6. The summed E-state index contributed by atoms with van der Waals surface area (Å²) >= 11 is 1.51. The first-order valence-corrected chi connectivity index (χ1v) is 4.96. The summed E-state index contributed by atoms with van der Waals surface area (Å²) in [6, 6.07) is 0. The molecule has 1 aliphatic heterocycles. The van der Waals surface area contributed by atoms with E-state index in [1.807, 2.05) is 0 Å². The van der Waals surface area contributed by atoms with Crippen molar-refractivity contribution in [2.75, 3.05) is 11.5 Å². The van der Waals surface area contributed by atoms with Crippen LogP contribution in [0.4, 0.5) is 13.2 Å². The van der Waals surface area contributed by atoms with E-state index in [-0.39, 0.29) is 0 Å². The summed E-state index contributed by atoms with van der Waals surface area (Å²) in [7, 11) is 0. The van der Waals surface area contributed by atoms with Crippen molar-refractivity contribution in [1.29, 1.82) is 0 Å². The molecule has 0 bridgehead atoms. The number of thioether (sulfide) groups is 1. The van der Waals surface area contributed by atoms with Crippen LogP contribution in [-0.4, -0.2) is 23.5 Å². The molecule has 0 aromatic rings. The number of allylic oxidation sites excluding steroid dienone is 1. The highest BCUT2D eigenvalue weighted by atomic mass is 32.2. The zero-order chi connectivity index (χ0) is 10.1. The predicted molar refractivity (Wildman–Crippen MR) is 45.6 cm³/mol. The maximum atomic E-state index is 12.0. The Bertz CT molecular complexity index is 228. The van der Waals surface area contributed by atoms with E-state index in [4.69, 9.17) is 0 Å². The van der Waals surface area contributed by atoms with Crippen LogP contribution in [0.3, 0.4) is 0 Å². The summed E-state index contributed by atoms with van der Waals surface area (Å²) in [4.78, 5) is 11.2. The van der Waals surface area contributed by atoms with Gasteiger partial charge in [-0.25, -0.2) is 0 Å². The Morgan fingerprint density at radius 1 is 1.46 bits per heavy atom. The van der Waals surface area contributed by atoms with Gasteiger partial charge in [0.1, 0.15) is 0 Å². The fraction of sp³-hybridized carbons (Fsp3) is 0.625. The molecule has 0 amide bonds. The number of halogens is 3. The summed E-state index contributed by atoms with van der Waals surface area (Å²) in [5, 5.41) is 0. The van der Waals surface area contributed by atoms with Crippen molar-refractivity contribution in [3.05, 3.63) is 12.2 Å². The first-order valence-electron chi connectivity index (χ1n) is 3.81. The summed E-state index contributed by atoms with van der Waals surface area (Å²) in [6.45, 7) is 2.79. The Morgan fingerprint density at radius 3 is 2.46 bits per heavy atom. The van der Waals surface area contributed by atoms with E-state index in [2.05, 4.69) is 6.58 Å². The Kier molecular flexibility index (Phi) is 3.05. The summed E-state index contributed by atoms with van der Waals surface area (Å²) in [5.74, 6) is -0.0493. The van der Waals surface area contributed by atoms with Gasteiger partial charge in [-0.05, 0) is 12.2 Å². The quantitative estimate of drug-likeness (QED) is 0.651. The average Bonchev–Trinajstić information content (AvgIpc) is 2.51. The number of hydrogen-bond donors (Lipinski definition) is 0. The van der Waals surface area contributed by atoms with Crippen molar-refractivity contribution in [1.82, 2.24) is 0 Å². The van der Waals surface area contributed by atoms with Gasteiger partial charge in [0, 0.05) is 11.7 Å². The van der Waals surface area contributed by atoms with Crippen LogP contribution in [0.1, 0.15) is 6.42 Å². The fourth-order valence-electron chi connectivity index (χ4n) is 1.13. The molecule has 1 fully saturated rings. The molecule has 1 atom stereocenters. The van der Waals surface area contributed by atoms with Crippen molar-refractivity contribution in [3.63, 3.8) is 0 Å². The van der Waals surface area contributed by atoms with Crippen molar-refractivity contribution in [2.24, 2.45) is 5.92 Å². The molecule has 0 saturated carbocycles. The second-order valence-corrected chi connectivity index (χ2v) is 4.05. The molecule has 1 unspecified atom stereocenters. The highest BCUT2D eigenvalue weighted by Crippen LogP contribution is 2.32. The number of ketones is 1. The molecule has 13 heavy (non-hydrogen) atoms. The highest BCUT2D eigenvalue weighted by Gasteiger charge is 2.40. The molecule has 5 heteroatoms. The summed E-state index contributed by atoms with van der Waals surface area (Å²) in [6.07, 6.45) is -4.02. The third-order valence-corrected chi connectivity index (χ3v) is 3.10. The molecular formula is C8H9F3OS. The Balaban J connectivity index is 2.62. The Morgan fingerprint density at radius 2 is 2.08 bits per heavy atom. The molecular weight excluding hydrogens is 201 g/mol. The standard InChI is InChI=1S/C8H9F3OS/c1-5(8(9,10)11)7(12)6-2-3-13-4-6/h6H,1-4H2. The molecule has 1 nitrogen and oxygen atoms in total. The summed E-state index contributed by atoms with van der Waals surface area (Å²) < 4.78 is 36.1. The zero-order valence-corrected chi connectivity index (χ0v) is 7.67. The van der Waals surface area contributed by atoms with E-state index >= 15 is 0 Å². The molecule has 0 aromatic heterocycles. The maximum Gasteiger partial charge on any atom is 0.419 e. The van der Waals surface area contributed by atoms with Crippen LogP contribution in [-0.2, 0) is 4.79 Å². The van der Waals surface area contributed by atoms with Crippen molar-refractivity contribution in [2.45, 2.75) is 12.6 Å². The number of Topliss-reactive ketones (excluding diaryl/α,β-unsaturated/α-hetero) is 1. The SMILES string of the molecule is C=C(C(=O)C1CCSC1)C(F)(F)F. The normalized spacial score (nSPS) is 23.2. The number of carbonyl (C=O) groups is 1. The Hall–Kier alpha value is -0.450. The van der Waals surface area contributed by atoms with Gasteiger partial charge >= 0.3 is 6.18 Å². The van der Waals surface area contributed by atoms with Crippen LogP contribution in [0.2, 0.25) is 0 Å². The van der Waals surface area contributed by atoms with Gasteiger partial charge in [0.25, 0.3) is 0 Å². The van der Waals surface area contributed by atoms with Gasteiger partial charge in [0.05, 0.1) is 5.57 Å². The second-order valence-electron chi connectivity index (χ2n) is 2.90. The van der Waals surface area contributed by atoms with Gasteiger partial charge in [0.15, 0.2) is 5.78 Å². The van der Waals surface area contributed by atoms with E-state index in [1.165, 1.54) is 11.8 Å². The van der Waals surface area contributed by atoms with E-state index in [1.54, 1.807) is 0 Å². The lowest BCUT2D eigenvalue weighted by molar-refractivity contribution is -0.131. The lowest BCUT2D eigenvalue weighted by Gasteiger charge is -2.12. The molecule has 0 aromatic carbocycles. The van der Waals surface area contributed by atoms with Crippen molar-refractivity contribution >= 4 is 17.5 Å².